The number of ether oxygens (including phenoxy) is 2. The summed E-state index contributed by atoms with van der Waals surface area (Å²) in [4.78, 5) is 18.1. The van der Waals surface area contributed by atoms with E-state index in [1.807, 2.05) is 36.4 Å². The molecule has 3 heterocycles. The fourth-order valence-corrected chi connectivity index (χ4v) is 5.62. The van der Waals surface area contributed by atoms with Crippen molar-refractivity contribution in [1.82, 2.24) is 9.80 Å². The lowest BCUT2D eigenvalue weighted by molar-refractivity contribution is 0.238. The van der Waals surface area contributed by atoms with E-state index >= 15 is 0 Å². The molecule has 2 saturated heterocycles. The lowest BCUT2D eigenvalue weighted by Gasteiger charge is -2.15. The van der Waals surface area contributed by atoms with Gasteiger partial charge in [0.25, 0.3) is 0 Å². The normalized spacial score (nSPS) is 17.7. The summed E-state index contributed by atoms with van der Waals surface area (Å²) in [5.41, 5.74) is 0.0544. The highest BCUT2D eigenvalue weighted by atomic mass is 32.1. The second-order valence-electron chi connectivity index (χ2n) is 8.54. The Kier molecular flexibility index (Phi) is 6.39. The molecular weight excluding hydrogens is 408 g/mol. The van der Waals surface area contributed by atoms with Gasteiger partial charge in [-0.1, -0.05) is 0 Å². The molecule has 0 radical (unpaired) electrons. The summed E-state index contributed by atoms with van der Waals surface area (Å²) in [5, 5.41) is 1.45. The SMILES string of the molecule is O=c1c2cc(OCCN3CCCC3)ccc2sc2ccc(OCCN3CCCC3)cc12. The van der Waals surface area contributed by atoms with Gasteiger partial charge < -0.3 is 9.47 Å². The van der Waals surface area contributed by atoms with Gasteiger partial charge in [-0.05, 0) is 88.3 Å². The molecule has 2 fully saturated rings. The fraction of sp³-hybridized carbons (Fsp3) is 0.480. The number of hydrogen-bond donors (Lipinski definition) is 0. The van der Waals surface area contributed by atoms with Crippen molar-refractivity contribution in [3.63, 3.8) is 0 Å². The average Bonchev–Trinajstić information content (AvgIpc) is 3.49. The lowest BCUT2D eigenvalue weighted by atomic mass is 10.1. The van der Waals surface area contributed by atoms with E-state index in [2.05, 4.69) is 9.80 Å². The van der Waals surface area contributed by atoms with Crippen molar-refractivity contribution < 1.29 is 9.47 Å². The summed E-state index contributed by atoms with van der Waals surface area (Å²) in [6.45, 7) is 7.88. The Bertz CT molecular complexity index is 1020. The van der Waals surface area contributed by atoms with Gasteiger partial charge in [-0.15, -0.1) is 11.3 Å². The topological polar surface area (TPSA) is 42.0 Å². The van der Waals surface area contributed by atoms with E-state index in [0.717, 1.165) is 44.8 Å². The maximum Gasteiger partial charge on any atom is 0.196 e. The molecule has 0 saturated carbocycles. The van der Waals surface area contributed by atoms with Crippen LogP contribution in [0.3, 0.4) is 0 Å². The first kappa shape index (κ1) is 20.7. The molecule has 0 unspecified atom stereocenters. The van der Waals surface area contributed by atoms with Crippen LogP contribution < -0.4 is 14.9 Å². The van der Waals surface area contributed by atoms with Crippen LogP contribution in [0.4, 0.5) is 0 Å². The van der Waals surface area contributed by atoms with Gasteiger partial charge in [-0.25, -0.2) is 0 Å². The van der Waals surface area contributed by atoms with E-state index in [9.17, 15) is 4.79 Å². The van der Waals surface area contributed by atoms with Crippen molar-refractivity contribution in [2.45, 2.75) is 25.7 Å². The van der Waals surface area contributed by atoms with Gasteiger partial charge in [0.05, 0.1) is 0 Å². The van der Waals surface area contributed by atoms with E-state index in [1.165, 1.54) is 51.9 Å². The molecule has 3 aromatic rings. The molecule has 0 spiro atoms. The van der Waals surface area contributed by atoms with Gasteiger partial charge in [0.2, 0.25) is 0 Å². The third-order valence-corrected chi connectivity index (χ3v) is 7.51. The molecule has 31 heavy (non-hydrogen) atoms. The quantitative estimate of drug-likeness (QED) is 0.489. The lowest BCUT2D eigenvalue weighted by Crippen LogP contribution is -2.25. The zero-order valence-electron chi connectivity index (χ0n) is 18.0. The van der Waals surface area contributed by atoms with Gasteiger partial charge in [0.15, 0.2) is 5.43 Å². The van der Waals surface area contributed by atoms with E-state index in [4.69, 9.17) is 9.47 Å². The van der Waals surface area contributed by atoms with Gasteiger partial charge in [0.1, 0.15) is 24.7 Å². The molecule has 0 atom stereocenters. The largest absolute Gasteiger partial charge is 0.492 e. The summed E-state index contributed by atoms with van der Waals surface area (Å²) >= 11 is 1.64. The molecule has 5 rings (SSSR count). The maximum absolute atomic E-state index is 13.2. The molecule has 6 heteroatoms. The van der Waals surface area contributed by atoms with Gasteiger partial charge in [-0.3, -0.25) is 14.6 Å². The monoisotopic (exact) mass is 438 g/mol. The predicted molar refractivity (Wildman–Crippen MR) is 128 cm³/mol. The molecular formula is C25H30N2O3S. The van der Waals surface area contributed by atoms with Crippen LogP contribution in [0.2, 0.25) is 0 Å². The Morgan fingerprint density at radius 3 is 1.61 bits per heavy atom. The third kappa shape index (κ3) is 4.86. The number of benzene rings is 2. The van der Waals surface area contributed by atoms with E-state index in [0.29, 0.717) is 13.2 Å². The van der Waals surface area contributed by atoms with Crippen molar-refractivity contribution in [3.8, 4) is 11.5 Å². The van der Waals surface area contributed by atoms with Gasteiger partial charge in [-0.2, -0.15) is 0 Å². The summed E-state index contributed by atoms with van der Waals surface area (Å²) in [6.07, 6.45) is 5.14. The van der Waals surface area contributed by atoms with Crippen LogP contribution in [0.15, 0.2) is 41.2 Å². The Hall–Kier alpha value is -2.15. The van der Waals surface area contributed by atoms with Crippen LogP contribution >= 0.6 is 11.3 Å². The highest BCUT2D eigenvalue weighted by molar-refractivity contribution is 7.24. The first-order valence-corrected chi connectivity index (χ1v) is 12.3. The van der Waals surface area contributed by atoms with Crippen molar-refractivity contribution in [2.75, 3.05) is 52.5 Å². The molecule has 0 bridgehead atoms. The molecule has 5 nitrogen and oxygen atoms in total. The molecule has 2 aliphatic heterocycles. The molecule has 0 N–H and O–H groups in total. The summed E-state index contributed by atoms with van der Waals surface area (Å²) in [7, 11) is 0. The number of nitrogens with zero attached hydrogens (tertiary/aromatic N) is 2. The summed E-state index contributed by atoms with van der Waals surface area (Å²) in [6, 6.07) is 11.8. The third-order valence-electron chi connectivity index (χ3n) is 6.36. The molecule has 2 aliphatic rings. The number of fused-ring (bicyclic) bond motifs is 2. The number of likely N-dealkylation sites (tertiary alicyclic amines) is 2. The zero-order chi connectivity index (χ0) is 21.0. The first-order chi connectivity index (χ1) is 15.3. The minimum atomic E-state index is 0.0544. The number of hydrogen-bond acceptors (Lipinski definition) is 6. The van der Waals surface area contributed by atoms with E-state index in [1.54, 1.807) is 11.3 Å². The Morgan fingerprint density at radius 2 is 1.16 bits per heavy atom. The minimum Gasteiger partial charge on any atom is -0.492 e. The molecule has 2 aromatic carbocycles. The minimum absolute atomic E-state index is 0.0544. The maximum atomic E-state index is 13.2. The summed E-state index contributed by atoms with van der Waals surface area (Å²) in [5.74, 6) is 1.54. The average molecular weight is 439 g/mol. The predicted octanol–water partition coefficient (Wildman–Crippen LogP) is 4.36. The van der Waals surface area contributed by atoms with Crippen LogP contribution in [0.1, 0.15) is 25.7 Å². The highest BCUT2D eigenvalue weighted by Gasteiger charge is 2.13. The summed E-state index contributed by atoms with van der Waals surface area (Å²) < 4.78 is 13.9. The molecule has 0 amide bonds. The standard InChI is InChI=1S/C25H30N2O3S/c28-25-21-17-19(29-15-13-26-9-1-2-10-26)5-7-23(21)31-24-8-6-20(18-22(24)25)30-16-14-27-11-3-4-12-27/h5-8,17-18H,1-4,9-16H2. The molecule has 0 aliphatic carbocycles. The fourth-order valence-electron chi connectivity index (χ4n) is 4.59. The van der Waals surface area contributed by atoms with Gasteiger partial charge in [0, 0.05) is 33.3 Å². The Labute approximate surface area is 187 Å². The van der Waals surface area contributed by atoms with E-state index in [-0.39, 0.29) is 5.43 Å². The van der Waals surface area contributed by atoms with Gasteiger partial charge >= 0.3 is 0 Å². The van der Waals surface area contributed by atoms with Crippen LogP contribution in [0.5, 0.6) is 11.5 Å². The first-order valence-electron chi connectivity index (χ1n) is 11.5. The van der Waals surface area contributed by atoms with Crippen molar-refractivity contribution >= 4 is 31.5 Å². The second kappa shape index (κ2) is 9.55. The van der Waals surface area contributed by atoms with Crippen LogP contribution in [0.25, 0.3) is 20.2 Å². The number of rotatable bonds is 8. The van der Waals surface area contributed by atoms with Crippen molar-refractivity contribution in [3.05, 3.63) is 46.6 Å². The Balaban J connectivity index is 1.31. The zero-order valence-corrected chi connectivity index (χ0v) is 18.8. The van der Waals surface area contributed by atoms with Crippen LogP contribution in [0, 0.1) is 0 Å². The van der Waals surface area contributed by atoms with Crippen LogP contribution in [-0.4, -0.2) is 62.3 Å². The van der Waals surface area contributed by atoms with Crippen LogP contribution in [-0.2, 0) is 0 Å². The smallest absolute Gasteiger partial charge is 0.196 e. The van der Waals surface area contributed by atoms with Crippen molar-refractivity contribution in [2.24, 2.45) is 0 Å². The van der Waals surface area contributed by atoms with Crippen molar-refractivity contribution in [1.29, 1.82) is 0 Å². The molecule has 1 aromatic heterocycles. The highest BCUT2D eigenvalue weighted by Crippen LogP contribution is 2.29. The van der Waals surface area contributed by atoms with E-state index < -0.39 is 0 Å². The Morgan fingerprint density at radius 1 is 0.710 bits per heavy atom. The second-order valence-corrected chi connectivity index (χ2v) is 9.63. The molecule has 164 valence electrons.